The molecule has 132 valence electrons. The van der Waals surface area contributed by atoms with Crippen LogP contribution in [0, 0.1) is 13.8 Å². The number of hydrogen-bond acceptors (Lipinski definition) is 3. The lowest BCUT2D eigenvalue weighted by atomic mass is 9.94. The molecule has 1 aromatic heterocycles. The molecule has 1 amide bonds. The summed E-state index contributed by atoms with van der Waals surface area (Å²) in [5.41, 5.74) is 3.61. The zero-order valence-electron chi connectivity index (χ0n) is 15.1. The van der Waals surface area contributed by atoms with Crippen molar-refractivity contribution in [1.29, 1.82) is 0 Å². The van der Waals surface area contributed by atoms with Crippen LogP contribution in [0.25, 0.3) is 0 Å². The number of carbonyl (C=O) groups excluding carboxylic acids is 1. The SMILES string of the molecule is COc1c(C)cnc(CN(C)C(=O)C2(c3ccc(Br)cc3)CC2)c1C. The predicted octanol–water partition coefficient (Wildman–Crippen LogP) is 4.16. The number of likely N-dealkylation sites (N-methyl/N-ethyl adjacent to an activating group) is 1. The average molecular weight is 403 g/mol. The zero-order valence-corrected chi connectivity index (χ0v) is 16.7. The number of ether oxygens (including phenoxy) is 1. The van der Waals surface area contributed by atoms with E-state index in [0.29, 0.717) is 6.54 Å². The molecule has 0 atom stereocenters. The number of amides is 1. The summed E-state index contributed by atoms with van der Waals surface area (Å²) in [4.78, 5) is 19.4. The van der Waals surface area contributed by atoms with Gasteiger partial charge in [-0.15, -0.1) is 0 Å². The molecule has 0 aliphatic heterocycles. The Hall–Kier alpha value is -1.88. The molecule has 1 heterocycles. The van der Waals surface area contributed by atoms with Crippen LogP contribution < -0.4 is 4.74 Å². The Morgan fingerprint density at radius 3 is 2.48 bits per heavy atom. The molecule has 0 N–H and O–H groups in total. The number of nitrogens with zero attached hydrogens (tertiary/aromatic N) is 2. The Morgan fingerprint density at radius 2 is 1.92 bits per heavy atom. The van der Waals surface area contributed by atoms with Gasteiger partial charge in [0, 0.05) is 28.8 Å². The molecular weight excluding hydrogens is 380 g/mol. The van der Waals surface area contributed by atoms with E-state index in [9.17, 15) is 4.79 Å². The third kappa shape index (κ3) is 3.30. The maximum absolute atomic E-state index is 13.1. The van der Waals surface area contributed by atoms with Crippen molar-refractivity contribution in [3.8, 4) is 5.75 Å². The summed E-state index contributed by atoms with van der Waals surface area (Å²) < 4.78 is 6.50. The molecule has 0 unspecified atom stereocenters. The molecule has 25 heavy (non-hydrogen) atoms. The minimum absolute atomic E-state index is 0.163. The van der Waals surface area contributed by atoms with Gasteiger partial charge in [0.15, 0.2) is 0 Å². The number of rotatable bonds is 5. The third-order valence-electron chi connectivity index (χ3n) is 5.04. The van der Waals surface area contributed by atoms with Gasteiger partial charge in [0.05, 0.1) is 24.8 Å². The summed E-state index contributed by atoms with van der Waals surface area (Å²) in [5, 5.41) is 0. The Morgan fingerprint density at radius 1 is 1.28 bits per heavy atom. The van der Waals surface area contributed by atoms with Gasteiger partial charge in [-0.25, -0.2) is 0 Å². The summed E-state index contributed by atoms with van der Waals surface area (Å²) in [6.45, 7) is 4.46. The Labute approximate surface area is 157 Å². The molecule has 1 aliphatic rings. The molecule has 1 fully saturated rings. The highest BCUT2D eigenvalue weighted by molar-refractivity contribution is 9.10. The van der Waals surface area contributed by atoms with Crippen LogP contribution in [-0.4, -0.2) is 29.9 Å². The van der Waals surface area contributed by atoms with E-state index in [-0.39, 0.29) is 11.3 Å². The second kappa shape index (κ2) is 6.79. The average Bonchev–Trinajstić information content (AvgIpc) is 3.39. The fourth-order valence-electron chi connectivity index (χ4n) is 3.41. The normalized spacial score (nSPS) is 14.9. The maximum atomic E-state index is 13.1. The molecule has 3 rings (SSSR count). The van der Waals surface area contributed by atoms with E-state index in [2.05, 4.69) is 20.9 Å². The van der Waals surface area contributed by atoms with Gasteiger partial charge in [0.2, 0.25) is 5.91 Å². The van der Waals surface area contributed by atoms with Crippen molar-refractivity contribution in [2.24, 2.45) is 0 Å². The Bertz CT molecular complexity index is 798. The molecule has 1 saturated carbocycles. The Balaban J connectivity index is 1.81. The largest absolute Gasteiger partial charge is 0.496 e. The van der Waals surface area contributed by atoms with E-state index in [4.69, 9.17) is 4.74 Å². The third-order valence-corrected chi connectivity index (χ3v) is 5.57. The molecule has 2 aromatic rings. The lowest BCUT2D eigenvalue weighted by Crippen LogP contribution is -2.36. The summed E-state index contributed by atoms with van der Waals surface area (Å²) in [7, 11) is 3.52. The molecule has 0 spiro atoms. The number of aryl methyl sites for hydroxylation is 1. The highest BCUT2D eigenvalue weighted by atomic mass is 79.9. The smallest absolute Gasteiger partial charge is 0.233 e. The number of pyridine rings is 1. The minimum Gasteiger partial charge on any atom is -0.496 e. The summed E-state index contributed by atoms with van der Waals surface area (Å²) in [6.07, 6.45) is 3.62. The van der Waals surface area contributed by atoms with Gasteiger partial charge < -0.3 is 9.64 Å². The first-order valence-corrected chi connectivity index (χ1v) is 9.19. The van der Waals surface area contributed by atoms with E-state index in [0.717, 1.165) is 45.4 Å². The summed E-state index contributed by atoms with van der Waals surface area (Å²) >= 11 is 3.45. The quantitative estimate of drug-likeness (QED) is 0.753. The summed E-state index contributed by atoms with van der Waals surface area (Å²) in [5.74, 6) is 1.01. The predicted molar refractivity (Wildman–Crippen MR) is 102 cm³/mol. The monoisotopic (exact) mass is 402 g/mol. The molecule has 1 aliphatic carbocycles. The highest BCUT2D eigenvalue weighted by Crippen LogP contribution is 2.49. The van der Waals surface area contributed by atoms with Gasteiger partial charge >= 0.3 is 0 Å². The Kier molecular flexibility index (Phi) is 4.87. The van der Waals surface area contributed by atoms with Crippen LogP contribution in [-0.2, 0) is 16.8 Å². The first-order chi connectivity index (χ1) is 11.9. The number of methoxy groups -OCH3 is 1. The molecule has 0 bridgehead atoms. The van der Waals surface area contributed by atoms with Gasteiger partial charge in [0.25, 0.3) is 0 Å². The first-order valence-electron chi connectivity index (χ1n) is 8.40. The fourth-order valence-corrected chi connectivity index (χ4v) is 3.68. The van der Waals surface area contributed by atoms with Gasteiger partial charge in [-0.2, -0.15) is 0 Å². The van der Waals surface area contributed by atoms with E-state index < -0.39 is 0 Å². The van der Waals surface area contributed by atoms with Crippen molar-refractivity contribution in [1.82, 2.24) is 9.88 Å². The van der Waals surface area contributed by atoms with Crippen molar-refractivity contribution in [2.45, 2.75) is 38.6 Å². The lowest BCUT2D eigenvalue weighted by Gasteiger charge is -2.25. The standard InChI is InChI=1S/C20H23BrN2O2/c1-13-11-22-17(14(2)18(13)25-4)12-23(3)19(24)20(9-10-20)15-5-7-16(21)8-6-15/h5-8,11H,9-10,12H2,1-4H3. The van der Waals surface area contributed by atoms with Crippen molar-refractivity contribution in [3.05, 3.63) is 57.3 Å². The van der Waals surface area contributed by atoms with Gasteiger partial charge in [0.1, 0.15) is 5.75 Å². The molecule has 5 heteroatoms. The zero-order chi connectivity index (χ0) is 18.2. The van der Waals surface area contributed by atoms with E-state index >= 15 is 0 Å². The number of benzene rings is 1. The van der Waals surface area contributed by atoms with Crippen molar-refractivity contribution < 1.29 is 9.53 Å². The first kappa shape index (κ1) is 17.9. The highest BCUT2D eigenvalue weighted by Gasteiger charge is 2.52. The summed E-state index contributed by atoms with van der Waals surface area (Å²) in [6, 6.07) is 8.08. The van der Waals surface area contributed by atoms with Crippen molar-refractivity contribution in [2.75, 3.05) is 14.2 Å². The van der Waals surface area contributed by atoms with Crippen LogP contribution in [0.3, 0.4) is 0 Å². The van der Waals surface area contributed by atoms with Crippen LogP contribution >= 0.6 is 15.9 Å². The number of hydrogen-bond donors (Lipinski definition) is 0. The van der Waals surface area contributed by atoms with Crippen LogP contribution in [0.2, 0.25) is 0 Å². The molecule has 0 saturated heterocycles. The van der Waals surface area contributed by atoms with Crippen LogP contribution in [0.5, 0.6) is 5.75 Å². The van der Waals surface area contributed by atoms with Crippen molar-refractivity contribution in [3.63, 3.8) is 0 Å². The molecule has 1 aromatic carbocycles. The molecule has 0 radical (unpaired) electrons. The van der Waals surface area contributed by atoms with E-state index in [1.807, 2.05) is 45.2 Å². The maximum Gasteiger partial charge on any atom is 0.233 e. The van der Waals surface area contributed by atoms with Gasteiger partial charge in [-0.3, -0.25) is 9.78 Å². The number of carbonyl (C=O) groups is 1. The fraction of sp³-hybridized carbons (Fsp3) is 0.400. The lowest BCUT2D eigenvalue weighted by molar-refractivity contribution is -0.133. The topological polar surface area (TPSA) is 42.4 Å². The van der Waals surface area contributed by atoms with Crippen LogP contribution in [0.15, 0.2) is 34.9 Å². The number of halogens is 1. The molecular formula is C20H23BrN2O2. The minimum atomic E-state index is -0.363. The van der Waals surface area contributed by atoms with E-state index in [1.54, 1.807) is 18.2 Å². The van der Waals surface area contributed by atoms with Crippen LogP contribution in [0.1, 0.15) is 35.2 Å². The number of aromatic nitrogens is 1. The molecule has 4 nitrogen and oxygen atoms in total. The second-order valence-corrected chi connectivity index (χ2v) is 7.71. The van der Waals surface area contributed by atoms with Crippen molar-refractivity contribution >= 4 is 21.8 Å². The van der Waals surface area contributed by atoms with Gasteiger partial charge in [-0.1, -0.05) is 28.1 Å². The second-order valence-electron chi connectivity index (χ2n) is 6.80. The van der Waals surface area contributed by atoms with Gasteiger partial charge in [-0.05, 0) is 44.4 Å². The van der Waals surface area contributed by atoms with E-state index in [1.165, 1.54) is 0 Å². The van der Waals surface area contributed by atoms with Crippen LogP contribution in [0.4, 0.5) is 0 Å².